The number of thiazole rings is 1. The van der Waals surface area contributed by atoms with Crippen LogP contribution in [0.25, 0.3) is 0 Å². The number of amides is 3. The quantitative estimate of drug-likeness (QED) is 0.828. The minimum Gasteiger partial charge on any atom is -0.343 e. The molecule has 8 heteroatoms. The van der Waals surface area contributed by atoms with Gasteiger partial charge in [-0.1, -0.05) is 29.9 Å². The fraction of sp³-hybridized carbons (Fsp3) is 0.722. The molecule has 0 atom stereocenters. The van der Waals surface area contributed by atoms with Gasteiger partial charge in [0, 0.05) is 32.1 Å². The number of rotatable bonds is 3. The van der Waals surface area contributed by atoms with E-state index in [0.717, 1.165) is 57.5 Å². The standard InChI is InChI=1S/C18H27ClN4O2S/c1-12-3-5-14(6-4-12)23(15-7-9-22(10-8-15)13(2)24)18(25)21-17-20-11-16(19)26-17/h11-12,14-15H,3-10H2,1-2H3,(H,20,21,25). The Bertz CT molecular complexity index is 637. The topological polar surface area (TPSA) is 65.5 Å². The van der Waals surface area contributed by atoms with Gasteiger partial charge >= 0.3 is 6.03 Å². The van der Waals surface area contributed by atoms with Gasteiger partial charge in [0.15, 0.2) is 5.13 Å². The van der Waals surface area contributed by atoms with Gasteiger partial charge in [-0.15, -0.1) is 0 Å². The molecule has 3 rings (SSSR count). The van der Waals surface area contributed by atoms with Crippen LogP contribution in [0.3, 0.4) is 0 Å². The second-order valence-electron chi connectivity index (χ2n) is 7.46. The molecule has 1 saturated heterocycles. The second kappa shape index (κ2) is 8.57. The molecule has 0 radical (unpaired) electrons. The summed E-state index contributed by atoms with van der Waals surface area (Å²) in [5.74, 6) is 0.844. The van der Waals surface area contributed by atoms with E-state index in [1.54, 1.807) is 13.1 Å². The van der Waals surface area contributed by atoms with Gasteiger partial charge in [0.2, 0.25) is 5.91 Å². The summed E-state index contributed by atoms with van der Waals surface area (Å²) >= 11 is 7.21. The number of hydrogen-bond acceptors (Lipinski definition) is 4. The van der Waals surface area contributed by atoms with E-state index in [1.807, 2.05) is 9.80 Å². The van der Waals surface area contributed by atoms with Crippen molar-refractivity contribution in [3.05, 3.63) is 10.5 Å². The molecule has 1 aliphatic heterocycles. The Labute approximate surface area is 163 Å². The van der Waals surface area contributed by atoms with Gasteiger partial charge in [0.25, 0.3) is 0 Å². The largest absolute Gasteiger partial charge is 0.343 e. The van der Waals surface area contributed by atoms with E-state index in [4.69, 9.17) is 11.6 Å². The predicted molar refractivity (Wildman–Crippen MR) is 105 cm³/mol. The van der Waals surface area contributed by atoms with Crippen LogP contribution in [0.5, 0.6) is 0 Å². The molecule has 0 spiro atoms. The average Bonchev–Trinajstić information content (AvgIpc) is 3.02. The number of likely N-dealkylation sites (tertiary alicyclic amines) is 1. The molecule has 2 fully saturated rings. The molecular formula is C18H27ClN4O2S. The number of piperidine rings is 1. The molecule has 1 aromatic rings. The van der Waals surface area contributed by atoms with E-state index in [1.165, 1.54) is 11.3 Å². The number of aromatic nitrogens is 1. The number of hydrogen-bond donors (Lipinski definition) is 1. The summed E-state index contributed by atoms with van der Waals surface area (Å²) in [6, 6.07) is 0.340. The smallest absolute Gasteiger partial charge is 0.324 e. The molecule has 1 aromatic heterocycles. The summed E-state index contributed by atoms with van der Waals surface area (Å²) in [5, 5.41) is 3.47. The normalized spacial score (nSPS) is 24.3. The van der Waals surface area contributed by atoms with E-state index in [-0.39, 0.29) is 24.0 Å². The van der Waals surface area contributed by atoms with Crippen molar-refractivity contribution in [2.45, 2.75) is 64.5 Å². The van der Waals surface area contributed by atoms with Crippen molar-refractivity contribution in [3.63, 3.8) is 0 Å². The van der Waals surface area contributed by atoms with Gasteiger partial charge in [0.05, 0.1) is 6.20 Å². The highest BCUT2D eigenvalue weighted by Gasteiger charge is 2.35. The van der Waals surface area contributed by atoms with Crippen molar-refractivity contribution in [3.8, 4) is 0 Å². The number of nitrogens with one attached hydrogen (secondary N) is 1. The van der Waals surface area contributed by atoms with Gasteiger partial charge in [-0.05, 0) is 44.4 Å². The van der Waals surface area contributed by atoms with Gasteiger partial charge in [0.1, 0.15) is 4.34 Å². The fourth-order valence-electron chi connectivity index (χ4n) is 4.08. The van der Waals surface area contributed by atoms with Crippen LogP contribution in [-0.2, 0) is 4.79 Å². The lowest BCUT2D eigenvalue weighted by atomic mass is 9.85. The van der Waals surface area contributed by atoms with Crippen LogP contribution in [0, 0.1) is 5.92 Å². The first kappa shape index (κ1) is 19.4. The molecule has 0 aromatic carbocycles. The third-order valence-corrected chi connectivity index (χ3v) is 6.64. The number of halogens is 1. The lowest BCUT2D eigenvalue weighted by Gasteiger charge is -2.44. The zero-order valence-electron chi connectivity index (χ0n) is 15.4. The summed E-state index contributed by atoms with van der Waals surface area (Å²) in [6.07, 6.45) is 7.61. The first-order valence-electron chi connectivity index (χ1n) is 9.40. The second-order valence-corrected chi connectivity index (χ2v) is 9.12. The zero-order chi connectivity index (χ0) is 18.7. The van der Waals surface area contributed by atoms with Crippen LogP contribution < -0.4 is 5.32 Å². The summed E-state index contributed by atoms with van der Waals surface area (Å²) in [7, 11) is 0. The number of anilines is 1. The summed E-state index contributed by atoms with van der Waals surface area (Å²) in [6.45, 7) is 5.33. The zero-order valence-corrected chi connectivity index (χ0v) is 17.0. The van der Waals surface area contributed by atoms with E-state index in [9.17, 15) is 9.59 Å². The lowest BCUT2D eigenvalue weighted by molar-refractivity contribution is -0.130. The molecule has 2 aliphatic rings. The molecule has 3 amide bonds. The van der Waals surface area contributed by atoms with Crippen molar-refractivity contribution < 1.29 is 9.59 Å². The molecular weight excluding hydrogens is 372 g/mol. The van der Waals surface area contributed by atoms with Crippen LogP contribution in [0.2, 0.25) is 4.34 Å². The Kier molecular flexibility index (Phi) is 6.40. The summed E-state index contributed by atoms with van der Waals surface area (Å²) in [5.41, 5.74) is 0. The Morgan fingerprint density at radius 3 is 2.35 bits per heavy atom. The molecule has 1 saturated carbocycles. The monoisotopic (exact) mass is 398 g/mol. The van der Waals surface area contributed by atoms with Crippen molar-refractivity contribution >= 4 is 40.0 Å². The maximum Gasteiger partial charge on any atom is 0.324 e. The molecule has 6 nitrogen and oxygen atoms in total. The third kappa shape index (κ3) is 4.68. The van der Waals surface area contributed by atoms with Crippen molar-refractivity contribution in [1.82, 2.24) is 14.8 Å². The molecule has 1 aliphatic carbocycles. The van der Waals surface area contributed by atoms with Crippen LogP contribution >= 0.6 is 22.9 Å². The highest BCUT2D eigenvalue weighted by Crippen LogP contribution is 2.32. The fourth-order valence-corrected chi connectivity index (χ4v) is 4.88. The molecule has 0 bridgehead atoms. The van der Waals surface area contributed by atoms with Crippen molar-refractivity contribution in [2.75, 3.05) is 18.4 Å². The molecule has 2 heterocycles. The minimum absolute atomic E-state index is 0.0863. The molecule has 144 valence electrons. The SMILES string of the molecule is CC(=O)N1CCC(N(C(=O)Nc2ncc(Cl)s2)C2CCC(C)CC2)CC1. The van der Waals surface area contributed by atoms with Crippen LogP contribution in [-0.4, -0.2) is 51.9 Å². The Hall–Kier alpha value is -1.34. The molecule has 1 N–H and O–H groups in total. The molecule has 0 unspecified atom stereocenters. The van der Waals surface area contributed by atoms with E-state index < -0.39 is 0 Å². The number of carbonyl (C=O) groups is 2. The number of urea groups is 1. The van der Waals surface area contributed by atoms with E-state index in [2.05, 4.69) is 17.2 Å². The Morgan fingerprint density at radius 2 is 1.81 bits per heavy atom. The predicted octanol–water partition coefficient (Wildman–Crippen LogP) is 4.22. The maximum atomic E-state index is 13.1. The van der Waals surface area contributed by atoms with Gasteiger partial charge in [-0.25, -0.2) is 9.78 Å². The molecule has 26 heavy (non-hydrogen) atoms. The third-order valence-electron chi connectivity index (χ3n) is 5.61. The number of nitrogens with zero attached hydrogens (tertiary/aromatic N) is 3. The highest BCUT2D eigenvalue weighted by molar-refractivity contribution is 7.19. The van der Waals surface area contributed by atoms with E-state index in [0.29, 0.717) is 9.47 Å². The van der Waals surface area contributed by atoms with Crippen LogP contribution in [0.15, 0.2) is 6.20 Å². The summed E-state index contributed by atoms with van der Waals surface area (Å²) < 4.78 is 0.563. The van der Waals surface area contributed by atoms with Gasteiger partial charge in [-0.3, -0.25) is 10.1 Å². The highest BCUT2D eigenvalue weighted by atomic mass is 35.5. The maximum absolute atomic E-state index is 13.1. The van der Waals surface area contributed by atoms with Crippen LogP contribution in [0.4, 0.5) is 9.93 Å². The Morgan fingerprint density at radius 1 is 1.19 bits per heavy atom. The van der Waals surface area contributed by atoms with Gasteiger partial charge < -0.3 is 9.80 Å². The van der Waals surface area contributed by atoms with Crippen molar-refractivity contribution in [1.29, 1.82) is 0 Å². The average molecular weight is 399 g/mol. The first-order valence-corrected chi connectivity index (χ1v) is 10.6. The van der Waals surface area contributed by atoms with E-state index >= 15 is 0 Å². The number of carbonyl (C=O) groups excluding carboxylic acids is 2. The first-order chi connectivity index (χ1) is 12.4. The van der Waals surface area contributed by atoms with Crippen molar-refractivity contribution in [2.24, 2.45) is 5.92 Å². The minimum atomic E-state index is -0.0863. The van der Waals surface area contributed by atoms with Gasteiger partial charge in [-0.2, -0.15) is 0 Å². The Balaban J connectivity index is 1.71. The lowest BCUT2D eigenvalue weighted by Crippen LogP contribution is -2.54. The summed E-state index contributed by atoms with van der Waals surface area (Å²) in [4.78, 5) is 32.7. The van der Waals surface area contributed by atoms with Crippen LogP contribution in [0.1, 0.15) is 52.4 Å².